The zero-order valence-corrected chi connectivity index (χ0v) is 16.7. The van der Waals surface area contributed by atoms with Crippen LogP contribution in [-0.4, -0.2) is 47.9 Å². The molecule has 2 aromatic carbocycles. The van der Waals surface area contributed by atoms with Crippen LogP contribution in [0.2, 0.25) is 0 Å². The number of phenolic OH excluding ortho intramolecular Hbond substituents is 1. The molecule has 0 bridgehead atoms. The number of aromatic nitrogens is 2. The molecule has 30 heavy (non-hydrogen) atoms. The minimum atomic E-state index is 0.206. The predicted molar refractivity (Wildman–Crippen MR) is 120 cm³/mol. The number of hydrogen-bond acceptors (Lipinski definition) is 8. The lowest BCUT2D eigenvalue weighted by Crippen LogP contribution is -2.36. The Morgan fingerprint density at radius 2 is 1.67 bits per heavy atom. The Balaban J connectivity index is 1.36. The van der Waals surface area contributed by atoms with Crippen LogP contribution in [0.3, 0.4) is 0 Å². The molecule has 1 saturated heterocycles. The van der Waals surface area contributed by atoms with E-state index in [1.54, 1.807) is 12.1 Å². The molecular formula is C22H26N6O2. The molecule has 1 aromatic heterocycles. The van der Waals surface area contributed by atoms with Crippen molar-refractivity contribution in [2.75, 3.05) is 54.1 Å². The van der Waals surface area contributed by atoms with Crippen LogP contribution in [-0.2, 0) is 11.2 Å². The summed E-state index contributed by atoms with van der Waals surface area (Å²) < 4.78 is 5.41. The van der Waals surface area contributed by atoms with Crippen molar-refractivity contribution in [2.24, 2.45) is 0 Å². The topological polar surface area (TPSA) is 109 Å². The summed E-state index contributed by atoms with van der Waals surface area (Å²) in [5, 5.41) is 15.9. The maximum absolute atomic E-state index is 9.36. The molecular weight excluding hydrogens is 380 g/mol. The van der Waals surface area contributed by atoms with Gasteiger partial charge in [-0.15, -0.1) is 0 Å². The Labute approximate surface area is 175 Å². The third kappa shape index (κ3) is 5.30. The molecule has 0 amide bonds. The Morgan fingerprint density at radius 3 is 2.40 bits per heavy atom. The van der Waals surface area contributed by atoms with Gasteiger partial charge in [0.1, 0.15) is 17.4 Å². The molecule has 3 aromatic rings. The quantitative estimate of drug-likeness (QED) is 0.474. The summed E-state index contributed by atoms with van der Waals surface area (Å²) in [7, 11) is 0. The molecule has 2 heterocycles. The van der Waals surface area contributed by atoms with Crippen molar-refractivity contribution in [3.05, 3.63) is 60.2 Å². The number of rotatable bonds is 7. The Bertz CT molecular complexity index is 956. The third-order valence-corrected chi connectivity index (χ3v) is 4.92. The van der Waals surface area contributed by atoms with E-state index in [-0.39, 0.29) is 11.7 Å². The van der Waals surface area contributed by atoms with Crippen molar-refractivity contribution in [1.29, 1.82) is 0 Å². The number of anilines is 5. The summed E-state index contributed by atoms with van der Waals surface area (Å²) in [5.41, 5.74) is 9.13. The van der Waals surface area contributed by atoms with Gasteiger partial charge in [0.25, 0.3) is 0 Å². The van der Waals surface area contributed by atoms with Crippen LogP contribution in [0.1, 0.15) is 5.56 Å². The zero-order valence-electron chi connectivity index (χ0n) is 16.7. The maximum atomic E-state index is 9.36. The average molecular weight is 406 g/mol. The molecule has 5 N–H and O–H groups in total. The summed E-state index contributed by atoms with van der Waals surface area (Å²) in [5.74, 6) is 1.77. The molecule has 4 rings (SSSR count). The van der Waals surface area contributed by atoms with Crippen LogP contribution in [0.25, 0.3) is 0 Å². The number of nitrogen functional groups attached to an aromatic ring is 1. The van der Waals surface area contributed by atoms with Crippen LogP contribution >= 0.6 is 0 Å². The normalized spacial score (nSPS) is 13.8. The van der Waals surface area contributed by atoms with Gasteiger partial charge in [-0.25, -0.2) is 0 Å². The smallest absolute Gasteiger partial charge is 0.223 e. The maximum Gasteiger partial charge on any atom is 0.223 e. The van der Waals surface area contributed by atoms with E-state index in [2.05, 4.69) is 37.6 Å². The van der Waals surface area contributed by atoms with Crippen molar-refractivity contribution in [3.8, 4) is 5.75 Å². The molecule has 8 heteroatoms. The van der Waals surface area contributed by atoms with Crippen molar-refractivity contribution < 1.29 is 9.84 Å². The number of hydrogen-bond donors (Lipinski definition) is 4. The molecule has 0 saturated carbocycles. The molecule has 0 radical (unpaired) electrons. The zero-order chi connectivity index (χ0) is 20.8. The van der Waals surface area contributed by atoms with Gasteiger partial charge in [-0.2, -0.15) is 9.97 Å². The summed E-state index contributed by atoms with van der Waals surface area (Å²) in [6.07, 6.45) is 0.802. The first-order chi connectivity index (χ1) is 14.7. The second-order valence-corrected chi connectivity index (χ2v) is 7.11. The van der Waals surface area contributed by atoms with Crippen LogP contribution < -0.4 is 21.3 Å². The molecule has 156 valence electrons. The third-order valence-electron chi connectivity index (χ3n) is 4.92. The minimum absolute atomic E-state index is 0.206. The second-order valence-electron chi connectivity index (χ2n) is 7.11. The number of aromatic hydroxyl groups is 1. The lowest BCUT2D eigenvalue weighted by Gasteiger charge is -2.28. The standard InChI is InChI=1S/C22H26N6O2/c23-22-26-20(24-10-9-16-1-7-19(29)8-2-16)15-21(27-22)25-17-3-5-18(6-4-17)28-11-13-30-14-12-28/h1-8,15,29H,9-14H2,(H4,23,24,25,26,27). The number of nitrogens with zero attached hydrogens (tertiary/aromatic N) is 3. The lowest BCUT2D eigenvalue weighted by molar-refractivity contribution is 0.122. The number of phenols is 1. The van der Waals surface area contributed by atoms with Gasteiger partial charge in [0, 0.05) is 37.1 Å². The number of nitrogens with one attached hydrogen (secondary N) is 2. The van der Waals surface area contributed by atoms with E-state index in [4.69, 9.17) is 10.5 Å². The molecule has 0 unspecified atom stereocenters. The molecule has 1 fully saturated rings. The Morgan fingerprint density at radius 1 is 0.967 bits per heavy atom. The lowest BCUT2D eigenvalue weighted by atomic mass is 10.1. The van der Waals surface area contributed by atoms with Gasteiger partial charge in [0.05, 0.1) is 13.2 Å². The highest BCUT2D eigenvalue weighted by atomic mass is 16.5. The van der Waals surface area contributed by atoms with Crippen molar-refractivity contribution >= 4 is 29.0 Å². The molecule has 0 aliphatic carbocycles. The van der Waals surface area contributed by atoms with Crippen LogP contribution in [0.15, 0.2) is 54.6 Å². The van der Waals surface area contributed by atoms with Crippen molar-refractivity contribution in [3.63, 3.8) is 0 Å². The SMILES string of the molecule is Nc1nc(NCCc2ccc(O)cc2)cc(Nc2ccc(N3CCOCC3)cc2)n1. The molecule has 1 aliphatic rings. The Hall–Kier alpha value is -3.52. The van der Waals surface area contributed by atoms with E-state index < -0.39 is 0 Å². The van der Waals surface area contributed by atoms with Gasteiger partial charge in [-0.05, 0) is 48.4 Å². The highest BCUT2D eigenvalue weighted by Gasteiger charge is 2.11. The predicted octanol–water partition coefficient (Wildman–Crippen LogP) is 3.00. The number of nitrogens with two attached hydrogens (primary N) is 1. The summed E-state index contributed by atoms with van der Waals surface area (Å²) in [4.78, 5) is 10.8. The first-order valence-electron chi connectivity index (χ1n) is 10.0. The monoisotopic (exact) mass is 406 g/mol. The van der Waals surface area contributed by atoms with Crippen LogP contribution in [0.5, 0.6) is 5.75 Å². The summed E-state index contributed by atoms with van der Waals surface area (Å²) in [6, 6.07) is 17.3. The van der Waals surface area contributed by atoms with E-state index in [9.17, 15) is 5.11 Å². The largest absolute Gasteiger partial charge is 0.508 e. The second kappa shape index (κ2) is 9.32. The van der Waals surface area contributed by atoms with Gasteiger partial charge in [0.15, 0.2) is 0 Å². The van der Waals surface area contributed by atoms with Gasteiger partial charge in [0.2, 0.25) is 5.95 Å². The Kier molecular flexibility index (Phi) is 6.14. The summed E-state index contributed by atoms with van der Waals surface area (Å²) >= 11 is 0. The van der Waals surface area contributed by atoms with Crippen LogP contribution in [0.4, 0.5) is 29.0 Å². The number of benzene rings is 2. The molecule has 8 nitrogen and oxygen atoms in total. The van der Waals surface area contributed by atoms with Gasteiger partial charge < -0.3 is 31.1 Å². The van der Waals surface area contributed by atoms with E-state index in [0.717, 1.165) is 44.0 Å². The fraction of sp³-hybridized carbons (Fsp3) is 0.273. The number of ether oxygens (including phenoxy) is 1. The van der Waals surface area contributed by atoms with E-state index in [1.165, 1.54) is 5.69 Å². The van der Waals surface area contributed by atoms with Crippen molar-refractivity contribution in [2.45, 2.75) is 6.42 Å². The molecule has 0 spiro atoms. The van der Waals surface area contributed by atoms with Gasteiger partial charge in [-0.3, -0.25) is 0 Å². The van der Waals surface area contributed by atoms with Crippen molar-refractivity contribution in [1.82, 2.24) is 9.97 Å². The first-order valence-corrected chi connectivity index (χ1v) is 10.0. The van der Waals surface area contributed by atoms with E-state index in [1.807, 2.05) is 30.3 Å². The fourth-order valence-corrected chi connectivity index (χ4v) is 3.34. The van der Waals surface area contributed by atoms with Gasteiger partial charge >= 0.3 is 0 Å². The molecule has 1 aliphatic heterocycles. The molecule has 0 atom stereocenters. The summed E-state index contributed by atoms with van der Waals surface area (Å²) in [6.45, 7) is 4.04. The van der Waals surface area contributed by atoms with Gasteiger partial charge in [-0.1, -0.05) is 12.1 Å². The van der Waals surface area contributed by atoms with E-state index >= 15 is 0 Å². The average Bonchev–Trinajstić information content (AvgIpc) is 2.76. The highest BCUT2D eigenvalue weighted by Crippen LogP contribution is 2.22. The first kappa shape index (κ1) is 19.8. The minimum Gasteiger partial charge on any atom is -0.508 e. The fourth-order valence-electron chi connectivity index (χ4n) is 3.34. The van der Waals surface area contributed by atoms with E-state index in [0.29, 0.717) is 18.2 Å². The van der Waals surface area contributed by atoms with Crippen LogP contribution in [0, 0.1) is 0 Å². The highest BCUT2D eigenvalue weighted by molar-refractivity contribution is 5.63. The number of morpholine rings is 1.